The van der Waals surface area contributed by atoms with Crippen molar-refractivity contribution in [2.45, 2.75) is 128 Å². The van der Waals surface area contributed by atoms with E-state index in [1.165, 1.54) is 64.2 Å². The Kier molecular flexibility index (Phi) is 22.6. The molecule has 26 heavy (non-hydrogen) atoms. The van der Waals surface area contributed by atoms with Gasteiger partial charge in [0.05, 0.1) is 21.5 Å². The first kappa shape index (κ1) is 29.7. The van der Waals surface area contributed by atoms with Gasteiger partial charge in [-0.3, -0.25) is 0 Å². The largest absolute Gasteiger partial charge is 1.00 e. The molecule has 0 aromatic heterocycles. The summed E-state index contributed by atoms with van der Waals surface area (Å²) in [5.41, 5.74) is 0. The van der Waals surface area contributed by atoms with E-state index in [1.807, 2.05) is 6.92 Å². The molecule has 0 saturated carbocycles. The number of rotatable bonds is 18. The van der Waals surface area contributed by atoms with E-state index in [-0.39, 0.29) is 57.8 Å². The molecular formula is C20H41KO4S. The predicted octanol–water partition coefficient (Wildman–Crippen LogP) is 2.55. The third-order valence-corrected chi connectivity index (χ3v) is 6.19. The van der Waals surface area contributed by atoms with Crippen molar-refractivity contribution in [1.29, 1.82) is 0 Å². The first-order valence-corrected chi connectivity index (χ1v) is 12.0. The zero-order chi connectivity index (χ0) is 19.0. The molecule has 0 fully saturated rings. The van der Waals surface area contributed by atoms with E-state index in [2.05, 4.69) is 6.92 Å². The Labute approximate surface area is 205 Å². The smallest absolute Gasteiger partial charge is 0.748 e. The molecule has 152 valence electrons. The molecule has 0 aromatic carbocycles. The van der Waals surface area contributed by atoms with Crippen LogP contribution in [0.25, 0.3) is 0 Å². The average molecular weight is 417 g/mol. The number of hydrogen-bond donors (Lipinski definition) is 1. The summed E-state index contributed by atoms with van der Waals surface area (Å²) < 4.78 is 33.5. The summed E-state index contributed by atoms with van der Waals surface area (Å²) in [5.74, 6) is 0. The summed E-state index contributed by atoms with van der Waals surface area (Å²) in [7, 11) is -4.29. The Morgan fingerprint density at radius 1 is 0.731 bits per heavy atom. The van der Waals surface area contributed by atoms with Crippen LogP contribution in [0.2, 0.25) is 0 Å². The fraction of sp³-hybridized carbons (Fsp3) is 1.00. The van der Waals surface area contributed by atoms with Crippen molar-refractivity contribution in [1.82, 2.24) is 0 Å². The Bertz CT molecular complexity index is 387. The van der Waals surface area contributed by atoms with Gasteiger partial charge in [-0.05, 0) is 19.3 Å². The summed E-state index contributed by atoms with van der Waals surface area (Å²) in [6.07, 6.45) is 16.2. The first-order chi connectivity index (χ1) is 11.9. The quantitative estimate of drug-likeness (QED) is 0.212. The van der Waals surface area contributed by atoms with Crippen molar-refractivity contribution in [3.8, 4) is 0 Å². The van der Waals surface area contributed by atoms with Crippen LogP contribution in [-0.4, -0.2) is 29.4 Å². The maximum atomic E-state index is 11.2. The van der Waals surface area contributed by atoms with Crippen molar-refractivity contribution in [3.05, 3.63) is 0 Å². The Morgan fingerprint density at radius 2 is 1.15 bits per heavy atom. The monoisotopic (exact) mass is 416 g/mol. The van der Waals surface area contributed by atoms with Crippen molar-refractivity contribution >= 4 is 10.1 Å². The maximum absolute atomic E-state index is 11.2. The second-order valence-corrected chi connectivity index (χ2v) is 9.12. The van der Waals surface area contributed by atoms with Crippen LogP contribution in [0, 0.1) is 0 Å². The fourth-order valence-corrected chi connectivity index (χ4v) is 4.33. The average Bonchev–Trinajstić information content (AvgIpc) is 2.54. The van der Waals surface area contributed by atoms with Crippen LogP contribution in [0.4, 0.5) is 0 Å². The van der Waals surface area contributed by atoms with Gasteiger partial charge in [0.1, 0.15) is 0 Å². The van der Waals surface area contributed by atoms with E-state index in [4.69, 9.17) is 0 Å². The topological polar surface area (TPSA) is 77.4 Å². The van der Waals surface area contributed by atoms with E-state index in [0.717, 1.165) is 12.8 Å². The van der Waals surface area contributed by atoms with Gasteiger partial charge < -0.3 is 9.66 Å². The minimum Gasteiger partial charge on any atom is -0.748 e. The molecule has 1 N–H and O–H groups in total. The molecule has 2 unspecified atom stereocenters. The van der Waals surface area contributed by atoms with E-state index in [1.54, 1.807) is 0 Å². The minimum absolute atomic E-state index is 0. The molecular weight excluding hydrogens is 375 g/mol. The van der Waals surface area contributed by atoms with Crippen molar-refractivity contribution in [3.63, 3.8) is 0 Å². The molecule has 0 aliphatic carbocycles. The molecule has 0 amide bonds. The Balaban J connectivity index is 0. The summed E-state index contributed by atoms with van der Waals surface area (Å²) >= 11 is 0. The normalized spacial score (nSPS) is 14.0. The molecule has 2 atom stereocenters. The second-order valence-electron chi connectivity index (χ2n) is 7.47. The standard InChI is InChI=1S/C20H42O4S.K/c1-3-5-6-7-8-9-10-11-12-13-14-15-17-19(21)18-20(16-4-2)25(22,23)24;/h19-21H,3-18H2,1-2H3,(H,22,23,24);/q;+1/p-1. The van der Waals surface area contributed by atoms with Crippen molar-refractivity contribution < 1.29 is 69.5 Å². The molecule has 0 spiro atoms. The van der Waals surface area contributed by atoms with Crippen LogP contribution in [0.1, 0.15) is 117 Å². The molecule has 0 rings (SSSR count). The van der Waals surface area contributed by atoms with Gasteiger partial charge in [0.25, 0.3) is 0 Å². The van der Waals surface area contributed by atoms with Gasteiger partial charge in [0, 0.05) is 0 Å². The van der Waals surface area contributed by atoms with Gasteiger partial charge in [-0.15, -0.1) is 0 Å². The Morgan fingerprint density at radius 3 is 1.54 bits per heavy atom. The number of unbranched alkanes of at least 4 members (excludes halogenated alkanes) is 11. The zero-order valence-corrected chi connectivity index (χ0v) is 21.5. The van der Waals surface area contributed by atoms with Gasteiger partial charge in [-0.1, -0.05) is 97.3 Å². The van der Waals surface area contributed by atoms with Crippen molar-refractivity contribution in [2.24, 2.45) is 0 Å². The number of aliphatic hydroxyl groups excluding tert-OH is 1. The van der Waals surface area contributed by atoms with E-state index >= 15 is 0 Å². The van der Waals surface area contributed by atoms with Gasteiger partial charge in [0.15, 0.2) is 0 Å². The minimum atomic E-state index is -4.29. The van der Waals surface area contributed by atoms with E-state index < -0.39 is 21.5 Å². The third-order valence-electron chi connectivity index (χ3n) is 4.94. The second kappa shape index (κ2) is 19.8. The Hall–Kier alpha value is 1.51. The molecule has 4 nitrogen and oxygen atoms in total. The van der Waals surface area contributed by atoms with Crippen molar-refractivity contribution in [2.75, 3.05) is 0 Å². The molecule has 0 bridgehead atoms. The summed E-state index contributed by atoms with van der Waals surface area (Å²) in [6.45, 7) is 4.10. The predicted molar refractivity (Wildman–Crippen MR) is 105 cm³/mol. The molecule has 6 heteroatoms. The molecule has 0 heterocycles. The van der Waals surface area contributed by atoms with Crippen LogP contribution >= 0.6 is 0 Å². The van der Waals surface area contributed by atoms with E-state index in [0.29, 0.717) is 19.3 Å². The first-order valence-electron chi connectivity index (χ1n) is 10.5. The van der Waals surface area contributed by atoms with Gasteiger partial charge in [0.2, 0.25) is 0 Å². The van der Waals surface area contributed by atoms with Gasteiger partial charge >= 0.3 is 51.4 Å². The maximum Gasteiger partial charge on any atom is 1.00 e. The SMILES string of the molecule is CCCCCCCCCCCCCCC(O)CC(CCC)S(=O)(=O)[O-].[K+]. The van der Waals surface area contributed by atoms with Crippen LogP contribution < -0.4 is 51.4 Å². The molecule has 0 saturated heterocycles. The fourth-order valence-electron chi connectivity index (χ4n) is 3.34. The van der Waals surface area contributed by atoms with Crippen LogP contribution in [0.15, 0.2) is 0 Å². The zero-order valence-electron chi connectivity index (χ0n) is 17.5. The van der Waals surface area contributed by atoms with Crippen LogP contribution in [0.5, 0.6) is 0 Å². The van der Waals surface area contributed by atoms with Crippen LogP contribution in [-0.2, 0) is 10.1 Å². The van der Waals surface area contributed by atoms with Gasteiger partial charge in [-0.2, -0.15) is 0 Å². The summed E-state index contributed by atoms with van der Waals surface area (Å²) in [4.78, 5) is 0. The number of aliphatic hydroxyl groups is 1. The number of hydrogen-bond acceptors (Lipinski definition) is 4. The summed E-state index contributed by atoms with van der Waals surface area (Å²) in [5, 5.41) is 9.04. The third kappa shape index (κ3) is 18.9. The summed E-state index contributed by atoms with van der Waals surface area (Å²) in [6, 6.07) is 0. The van der Waals surface area contributed by atoms with Gasteiger partial charge in [-0.25, -0.2) is 8.42 Å². The van der Waals surface area contributed by atoms with Crippen LogP contribution in [0.3, 0.4) is 0 Å². The molecule has 0 aromatic rings. The molecule has 0 aliphatic heterocycles. The van der Waals surface area contributed by atoms with E-state index in [9.17, 15) is 18.1 Å². The molecule has 0 aliphatic rings. The molecule has 0 radical (unpaired) electrons.